The fraction of sp³-hybridized carbons (Fsp3) is 0.188. The molecule has 7 nitrogen and oxygen atoms in total. The number of primary sulfonamides is 1. The minimum Gasteiger partial charge on any atom is -0.490 e. The number of sulfonamides is 1. The number of halogens is 1. The largest absolute Gasteiger partial charge is 0.490 e. The molecule has 134 valence electrons. The SMILES string of the molecule is NS(=O)(=O)c1ccc(OCCOC(=O)COc2cccc(Cl)c2)cc1. The summed E-state index contributed by atoms with van der Waals surface area (Å²) < 4.78 is 37.8. The van der Waals surface area contributed by atoms with Crippen molar-refractivity contribution in [1.29, 1.82) is 0 Å². The van der Waals surface area contributed by atoms with Crippen LogP contribution in [0, 0.1) is 0 Å². The Morgan fingerprint density at radius 1 is 1.00 bits per heavy atom. The van der Waals surface area contributed by atoms with Gasteiger partial charge in [0.25, 0.3) is 0 Å². The molecule has 0 unspecified atom stereocenters. The highest BCUT2D eigenvalue weighted by molar-refractivity contribution is 7.89. The lowest BCUT2D eigenvalue weighted by molar-refractivity contribution is -0.146. The molecule has 2 aromatic rings. The molecule has 0 saturated carbocycles. The minimum atomic E-state index is -3.74. The van der Waals surface area contributed by atoms with Crippen molar-refractivity contribution in [2.45, 2.75) is 4.90 Å². The van der Waals surface area contributed by atoms with Crippen molar-refractivity contribution in [1.82, 2.24) is 0 Å². The molecule has 9 heteroatoms. The lowest BCUT2D eigenvalue weighted by Crippen LogP contribution is -2.18. The summed E-state index contributed by atoms with van der Waals surface area (Å²) in [7, 11) is -3.74. The molecular formula is C16H16ClNO6S. The molecule has 0 atom stereocenters. The Bertz CT molecular complexity index is 823. The molecule has 0 bridgehead atoms. The van der Waals surface area contributed by atoms with Crippen LogP contribution in [0.5, 0.6) is 11.5 Å². The van der Waals surface area contributed by atoms with E-state index in [1.165, 1.54) is 24.3 Å². The first-order valence-corrected chi connectivity index (χ1v) is 9.07. The van der Waals surface area contributed by atoms with Crippen LogP contribution < -0.4 is 14.6 Å². The standard InChI is InChI=1S/C16H16ClNO6S/c17-12-2-1-3-14(10-12)24-11-16(19)23-9-8-22-13-4-6-15(7-5-13)25(18,20)21/h1-7,10H,8-9,11H2,(H2,18,20,21). The predicted molar refractivity (Wildman–Crippen MR) is 91.2 cm³/mol. The summed E-state index contributed by atoms with van der Waals surface area (Å²) in [4.78, 5) is 11.5. The number of carbonyl (C=O) groups is 1. The van der Waals surface area contributed by atoms with Gasteiger partial charge in [-0.05, 0) is 42.5 Å². The Balaban J connectivity index is 1.67. The van der Waals surface area contributed by atoms with Gasteiger partial charge in [0.05, 0.1) is 4.90 Å². The zero-order valence-corrected chi connectivity index (χ0v) is 14.6. The Kier molecular flexibility index (Phi) is 6.63. The Morgan fingerprint density at radius 3 is 2.36 bits per heavy atom. The van der Waals surface area contributed by atoms with Gasteiger partial charge >= 0.3 is 5.97 Å². The van der Waals surface area contributed by atoms with Crippen molar-refractivity contribution in [3.63, 3.8) is 0 Å². The molecule has 25 heavy (non-hydrogen) atoms. The van der Waals surface area contributed by atoms with Crippen molar-refractivity contribution < 1.29 is 27.4 Å². The van der Waals surface area contributed by atoms with E-state index in [2.05, 4.69) is 0 Å². The first-order chi connectivity index (χ1) is 11.8. The monoisotopic (exact) mass is 385 g/mol. The highest BCUT2D eigenvalue weighted by atomic mass is 35.5. The molecule has 0 aliphatic carbocycles. The lowest BCUT2D eigenvalue weighted by Gasteiger charge is -2.09. The Hall–Kier alpha value is -2.29. The minimum absolute atomic E-state index is 0.00978. The Morgan fingerprint density at radius 2 is 1.72 bits per heavy atom. The van der Waals surface area contributed by atoms with E-state index in [1.54, 1.807) is 24.3 Å². The summed E-state index contributed by atoms with van der Waals surface area (Å²) in [6, 6.07) is 12.2. The third-order valence-corrected chi connectivity index (χ3v) is 4.08. The first-order valence-electron chi connectivity index (χ1n) is 7.14. The molecule has 0 saturated heterocycles. The molecular weight excluding hydrogens is 370 g/mol. The molecule has 2 rings (SSSR count). The highest BCUT2D eigenvalue weighted by Crippen LogP contribution is 2.17. The summed E-state index contributed by atoms with van der Waals surface area (Å²) in [5.41, 5.74) is 0. The van der Waals surface area contributed by atoms with Gasteiger partial charge in [0, 0.05) is 5.02 Å². The van der Waals surface area contributed by atoms with Gasteiger partial charge in [-0.3, -0.25) is 0 Å². The van der Waals surface area contributed by atoms with Crippen molar-refractivity contribution in [3.05, 3.63) is 53.6 Å². The predicted octanol–water partition coefficient (Wildman–Crippen LogP) is 1.99. The second kappa shape index (κ2) is 8.70. The smallest absolute Gasteiger partial charge is 0.344 e. The second-order valence-electron chi connectivity index (χ2n) is 4.83. The zero-order chi connectivity index (χ0) is 18.3. The van der Waals surface area contributed by atoms with Crippen LogP contribution in [0.3, 0.4) is 0 Å². The van der Waals surface area contributed by atoms with Gasteiger partial charge < -0.3 is 14.2 Å². The number of carbonyl (C=O) groups excluding carboxylic acids is 1. The summed E-state index contributed by atoms with van der Waals surface area (Å²) in [6.45, 7) is -0.115. The molecule has 0 radical (unpaired) electrons. The maximum atomic E-state index is 11.6. The zero-order valence-electron chi connectivity index (χ0n) is 13.1. The van der Waals surface area contributed by atoms with Crippen molar-refractivity contribution in [2.24, 2.45) is 5.14 Å². The topological polar surface area (TPSA) is 105 Å². The highest BCUT2D eigenvalue weighted by Gasteiger charge is 2.08. The van der Waals surface area contributed by atoms with E-state index in [4.69, 9.17) is 31.0 Å². The van der Waals surface area contributed by atoms with Crippen LogP contribution in [0.2, 0.25) is 5.02 Å². The second-order valence-corrected chi connectivity index (χ2v) is 6.83. The van der Waals surface area contributed by atoms with Gasteiger partial charge in [-0.15, -0.1) is 0 Å². The van der Waals surface area contributed by atoms with E-state index in [9.17, 15) is 13.2 Å². The van der Waals surface area contributed by atoms with Gasteiger partial charge in [-0.25, -0.2) is 18.4 Å². The van der Waals surface area contributed by atoms with Gasteiger partial charge in [0.15, 0.2) is 6.61 Å². The molecule has 0 amide bonds. The van der Waals surface area contributed by atoms with E-state index in [-0.39, 0.29) is 24.7 Å². The summed E-state index contributed by atoms with van der Waals surface area (Å²) in [5.74, 6) is 0.349. The van der Waals surface area contributed by atoms with Gasteiger partial charge in [-0.2, -0.15) is 0 Å². The molecule has 0 heterocycles. The maximum absolute atomic E-state index is 11.6. The molecule has 0 spiro atoms. The fourth-order valence-corrected chi connectivity index (χ4v) is 2.48. The number of esters is 1. The van der Waals surface area contributed by atoms with E-state index in [1.807, 2.05) is 0 Å². The normalized spacial score (nSPS) is 11.0. The Labute approximate surface area is 150 Å². The van der Waals surface area contributed by atoms with E-state index < -0.39 is 16.0 Å². The van der Waals surface area contributed by atoms with Crippen LogP contribution >= 0.6 is 11.6 Å². The maximum Gasteiger partial charge on any atom is 0.344 e. The summed E-state index contributed by atoms with van der Waals surface area (Å²) in [6.07, 6.45) is 0. The third-order valence-electron chi connectivity index (χ3n) is 2.92. The van der Waals surface area contributed by atoms with Crippen LogP contribution in [0.1, 0.15) is 0 Å². The fourth-order valence-electron chi connectivity index (χ4n) is 1.78. The van der Waals surface area contributed by atoms with Crippen LogP contribution in [0.25, 0.3) is 0 Å². The molecule has 0 fully saturated rings. The van der Waals surface area contributed by atoms with Crippen LogP contribution in [-0.4, -0.2) is 34.2 Å². The molecule has 0 aromatic heterocycles. The number of ether oxygens (including phenoxy) is 3. The van der Waals surface area contributed by atoms with Gasteiger partial charge in [-0.1, -0.05) is 17.7 Å². The lowest BCUT2D eigenvalue weighted by atomic mass is 10.3. The third kappa shape index (κ3) is 6.61. The number of hydrogen-bond acceptors (Lipinski definition) is 6. The van der Waals surface area contributed by atoms with E-state index >= 15 is 0 Å². The van der Waals surface area contributed by atoms with Gasteiger partial charge in [0.2, 0.25) is 10.0 Å². The average Bonchev–Trinajstić information content (AvgIpc) is 2.57. The van der Waals surface area contributed by atoms with Crippen molar-refractivity contribution >= 4 is 27.6 Å². The average molecular weight is 386 g/mol. The first kappa shape index (κ1) is 19.0. The van der Waals surface area contributed by atoms with Gasteiger partial charge in [0.1, 0.15) is 24.7 Å². The van der Waals surface area contributed by atoms with Crippen LogP contribution in [0.15, 0.2) is 53.4 Å². The van der Waals surface area contributed by atoms with E-state index in [0.717, 1.165) is 0 Å². The molecule has 2 N–H and O–H groups in total. The number of benzene rings is 2. The molecule has 2 aromatic carbocycles. The summed E-state index contributed by atoms with van der Waals surface area (Å²) >= 11 is 5.80. The van der Waals surface area contributed by atoms with Crippen LogP contribution in [-0.2, 0) is 19.6 Å². The summed E-state index contributed by atoms with van der Waals surface area (Å²) in [5, 5.41) is 5.50. The molecule has 0 aliphatic heterocycles. The van der Waals surface area contributed by atoms with Crippen LogP contribution in [0.4, 0.5) is 0 Å². The number of hydrogen-bond donors (Lipinski definition) is 1. The number of rotatable bonds is 8. The molecule has 0 aliphatic rings. The number of nitrogens with two attached hydrogens (primary N) is 1. The van der Waals surface area contributed by atoms with E-state index in [0.29, 0.717) is 16.5 Å². The van der Waals surface area contributed by atoms with Crippen molar-refractivity contribution in [2.75, 3.05) is 19.8 Å². The quantitative estimate of drug-likeness (QED) is 0.550. The van der Waals surface area contributed by atoms with Crippen molar-refractivity contribution in [3.8, 4) is 11.5 Å².